The van der Waals surface area contributed by atoms with Crippen molar-refractivity contribution >= 4 is 5.69 Å². The number of benzene rings is 1. The van der Waals surface area contributed by atoms with Gasteiger partial charge >= 0.3 is 0 Å². The largest absolute Gasteiger partial charge is 0.398 e. The van der Waals surface area contributed by atoms with Crippen LogP contribution in [0.25, 0.3) is 5.69 Å². The number of hydrogen-bond donors (Lipinski definition) is 1. The van der Waals surface area contributed by atoms with E-state index in [0.29, 0.717) is 5.92 Å². The standard InChI is InChI=1S/C11H13N5/c1-7-2-5-9(6-10(7)12)16-14-11(13-15-16)8-3-4-8/h2,5-6,8H,3-4,12H2,1H3. The average Bonchev–Trinajstić information content (AvgIpc) is 3.01. The number of nitrogens with two attached hydrogens (primary N) is 1. The second kappa shape index (κ2) is 3.30. The molecule has 1 aromatic carbocycles. The fraction of sp³-hybridized carbons (Fsp3) is 0.364. The lowest BCUT2D eigenvalue weighted by Crippen LogP contribution is -2.01. The van der Waals surface area contributed by atoms with Crippen molar-refractivity contribution in [3.63, 3.8) is 0 Å². The summed E-state index contributed by atoms with van der Waals surface area (Å²) in [5, 5.41) is 12.4. The lowest BCUT2D eigenvalue weighted by Gasteiger charge is -2.02. The van der Waals surface area contributed by atoms with Crippen LogP contribution in [-0.4, -0.2) is 20.2 Å². The SMILES string of the molecule is Cc1ccc(-n2nnc(C3CC3)n2)cc1N. The first-order chi connectivity index (χ1) is 7.74. The highest BCUT2D eigenvalue weighted by Crippen LogP contribution is 2.37. The number of rotatable bonds is 2. The Kier molecular flexibility index (Phi) is 1.92. The minimum Gasteiger partial charge on any atom is -0.398 e. The van der Waals surface area contributed by atoms with Crippen LogP contribution in [-0.2, 0) is 0 Å². The van der Waals surface area contributed by atoms with E-state index in [9.17, 15) is 0 Å². The Hall–Kier alpha value is -1.91. The summed E-state index contributed by atoms with van der Waals surface area (Å²) in [4.78, 5) is 1.55. The molecule has 3 rings (SSSR count). The third-order valence-corrected chi connectivity index (χ3v) is 2.87. The first-order valence-corrected chi connectivity index (χ1v) is 5.40. The molecule has 2 N–H and O–H groups in total. The quantitative estimate of drug-likeness (QED) is 0.769. The van der Waals surface area contributed by atoms with Gasteiger partial charge in [0.05, 0.1) is 5.69 Å². The van der Waals surface area contributed by atoms with Crippen molar-refractivity contribution in [3.8, 4) is 5.69 Å². The molecule has 0 saturated heterocycles. The zero-order valence-corrected chi connectivity index (χ0v) is 9.09. The van der Waals surface area contributed by atoms with Gasteiger partial charge in [0.1, 0.15) is 0 Å². The van der Waals surface area contributed by atoms with Gasteiger partial charge in [0.15, 0.2) is 5.82 Å². The van der Waals surface area contributed by atoms with Crippen LogP contribution >= 0.6 is 0 Å². The van der Waals surface area contributed by atoms with Crippen LogP contribution in [0.2, 0.25) is 0 Å². The van der Waals surface area contributed by atoms with Gasteiger partial charge in [0, 0.05) is 11.6 Å². The zero-order chi connectivity index (χ0) is 11.1. The topological polar surface area (TPSA) is 69.6 Å². The van der Waals surface area contributed by atoms with Crippen LogP contribution in [0.15, 0.2) is 18.2 Å². The van der Waals surface area contributed by atoms with Crippen LogP contribution in [0.4, 0.5) is 5.69 Å². The van der Waals surface area contributed by atoms with E-state index in [2.05, 4.69) is 15.4 Å². The van der Waals surface area contributed by atoms with Crippen molar-refractivity contribution in [1.29, 1.82) is 0 Å². The Labute approximate surface area is 93.3 Å². The summed E-state index contributed by atoms with van der Waals surface area (Å²) in [6.45, 7) is 1.98. The number of nitrogen functional groups attached to an aromatic ring is 1. The van der Waals surface area contributed by atoms with Crippen LogP contribution in [0.3, 0.4) is 0 Å². The van der Waals surface area contributed by atoms with Crippen LogP contribution in [0.1, 0.15) is 30.1 Å². The molecule has 1 aliphatic carbocycles. The highest BCUT2D eigenvalue weighted by Gasteiger charge is 2.28. The smallest absolute Gasteiger partial charge is 0.178 e. The van der Waals surface area contributed by atoms with Gasteiger partial charge < -0.3 is 5.73 Å². The van der Waals surface area contributed by atoms with Gasteiger partial charge in [-0.3, -0.25) is 0 Å². The highest BCUT2D eigenvalue weighted by atomic mass is 15.6. The van der Waals surface area contributed by atoms with Crippen LogP contribution in [0, 0.1) is 6.92 Å². The molecule has 1 saturated carbocycles. The Balaban J connectivity index is 1.97. The maximum absolute atomic E-state index is 5.85. The maximum Gasteiger partial charge on any atom is 0.178 e. The molecule has 1 aromatic heterocycles. The Bertz CT molecular complexity index is 527. The van der Waals surface area contributed by atoms with Crippen molar-refractivity contribution in [2.45, 2.75) is 25.7 Å². The van der Waals surface area contributed by atoms with E-state index >= 15 is 0 Å². The van der Waals surface area contributed by atoms with E-state index in [1.165, 1.54) is 12.8 Å². The molecule has 0 atom stereocenters. The molecule has 2 aromatic rings. The van der Waals surface area contributed by atoms with Crippen molar-refractivity contribution < 1.29 is 0 Å². The van der Waals surface area contributed by atoms with E-state index in [1.807, 2.05) is 25.1 Å². The van der Waals surface area contributed by atoms with Crippen molar-refractivity contribution in [2.75, 3.05) is 5.73 Å². The Morgan fingerprint density at radius 1 is 1.38 bits per heavy atom. The summed E-state index contributed by atoms with van der Waals surface area (Å²) in [6, 6.07) is 5.78. The first kappa shape index (κ1) is 9.33. The fourth-order valence-electron chi connectivity index (χ4n) is 1.59. The van der Waals surface area contributed by atoms with E-state index < -0.39 is 0 Å². The van der Waals surface area contributed by atoms with E-state index in [0.717, 1.165) is 22.8 Å². The molecule has 0 spiro atoms. The maximum atomic E-state index is 5.85. The lowest BCUT2D eigenvalue weighted by atomic mass is 10.2. The molecule has 82 valence electrons. The normalized spacial score (nSPS) is 15.3. The molecular formula is C11H13N5. The van der Waals surface area contributed by atoms with Crippen molar-refractivity contribution in [2.24, 2.45) is 0 Å². The third kappa shape index (κ3) is 1.54. The molecule has 5 heteroatoms. The highest BCUT2D eigenvalue weighted by molar-refractivity contribution is 5.52. The monoisotopic (exact) mass is 215 g/mol. The molecular weight excluding hydrogens is 202 g/mol. The van der Waals surface area contributed by atoms with Crippen molar-refractivity contribution in [1.82, 2.24) is 20.2 Å². The van der Waals surface area contributed by atoms with E-state index in [-0.39, 0.29) is 0 Å². The molecule has 5 nitrogen and oxygen atoms in total. The molecule has 0 amide bonds. The minimum atomic E-state index is 0.525. The van der Waals surface area contributed by atoms with Gasteiger partial charge in [-0.05, 0) is 42.7 Å². The molecule has 1 aliphatic rings. The summed E-state index contributed by atoms with van der Waals surface area (Å²) in [7, 11) is 0. The second-order valence-corrected chi connectivity index (χ2v) is 4.25. The third-order valence-electron chi connectivity index (χ3n) is 2.87. The van der Waals surface area contributed by atoms with Crippen molar-refractivity contribution in [3.05, 3.63) is 29.6 Å². The predicted octanol–water partition coefficient (Wildman–Crippen LogP) is 1.43. The number of aromatic nitrogens is 4. The predicted molar refractivity (Wildman–Crippen MR) is 60.3 cm³/mol. The number of anilines is 1. The summed E-state index contributed by atoms with van der Waals surface area (Å²) < 4.78 is 0. The molecule has 0 bridgehead atoms. The van der Waals surface area contributed by atoms with Crippen LogP contribution in [0.5, 0.6) is 0 Å². The lowest BCUT2D eigenvalue weighted by molar-refractivity contribution is 0.717. The Morgan fingerprint density at radius 3 is 2.88 bits per heavy atom. The van der Waals surface area contributed by atoms with E-state index in [4.69, 9.17) is 5.73 Å². The first-order valence-electron chi connectivity index (χ1n) is 5.40. The molecule has 0 aliphatic heterocycles. The summed E-state index contributed by atoms with van der Waals surface area (Å²) >= 11 is 0. The Morgan fingerprint density at radius 2 is 2.19 bits per heavy atom. The molecule has 1 heterocycles. The number of tetrazole rings is 1. The molecule has 16 heavy (non-hydrogen) atoms. The van der Waals surface area contributed by atoms with E-state index in [1.54, 1.807) is 4.80 Å². The molecule has 1 fully saturated rings. The van der Waals surface area contributed by atoms with Gasteiger partial charge in [-0.1, -0.05) is 6.07 Å². The average molecular weight is 215 g/mol. The number of hydrogen-bond acceptors (Lipinski definition) is 4. The van der Waals surface area contributed by atoms with Gasteiger partial charge in [-0.25, -0.2) is 0 Å². The molecule has 0 unspecified atom stereocenters. The number of aryl methyl sites for hydroxylation is 1. The van der Waals surface area contributed by atoms with Gasteiger partial charge in [-0.2, -0.15) is 0 Å². The van der Waals surface area contributed by atoms with Gasteiger partial charge in [0.2, 0.25) is 0 Å². The summed E-state index contributed by atoms with van der Waals surface area (Å²) in [5.74, 6) is 1.37. The second-order valence-electron chi connectivity index (χ2n) is 4.25. The minimum absolute atomic E-state index is 0.525. The van der Waals surface area contributed by atoms with Gasteiger partial charge in [0.25, 0.3) is 0 Å². The summed E-state index contributed by atoms with van der Waals surface area (Å²) in [6.07, 6.45) is 2.36. The molecule has 0 radical (unpaired) electrons. The van der Waals surface area contributed by atoms with Gasteiger partial charge in [-0.15, -0.1) is 15.0 Å². The zero-order valence-electron chi connectivity index (χ0n) is 9.09. The van der Waals surface area contributed by atoms with Crippen LogP contribution < -0.4 is 5.73 Å². The number of nitrogens with zero attached hydrogens (tertiary/aromatic N) is 4. The summed E-state index contributed by atoms with van der Waals surface area (Å²) in [5.41, 5.74) is 8.52. The fourth-order valence-corrected chi connectivity index (χ4v) is 1.59.